The number of para-hydroxylation sites is 1. The summed E-state index contributed by atoms with van der Waals surface area (Å²) in [6.45, 7) is 0. The molecule has 0 saturated carbocycles. The van der Waals surface area contributed by atoms with Crippen LogP contribution in [0, 0.1) is 0 Å². The summed E-state index contributed by atoms with van der Waals surface area (Å²) in [6.07, 6.45) is 0. The van der Waals surface area contributed by atoms with Crippen molar-refractivity contribution in [3.63, 3.8) is 0 Å². The van der Waals surface area contributed by atoms with Gasteiger partial charge in [0.15, 0.2) is 5.75 Å². The molecular formula is C18H13F2NO7S2. The van der Waals surface area contributed by atoms with E-state index in [-0.39, 0.29) is 5.69 Å². The molecule has 0 saturated heterocycles. The lowest BCUT2D eigenvalue weighted by Gasteiger charge is -2.15. The topological polar surface area (TPSA) is 127 Å². The second-order valence-electron chi connectivity index (χ2n) is 6.00. The van der Waals surface area contributed by atoms with Crippen LogP contribution in [-0.4, -0.2) is 32.6 Å². The Morgan fingerprint density at radius 1 is 0.900 bits per heavy atom. The SMILES string of the molecule is O=C(Oc1ccccc1S(=O)(=O)Nc1ccc2ccccc2c1)C(F)(F)S(=O)(=O)O. The molecule has 3 aromatic carbocycles. The first-order chi connectivity index (χ1) is 13.9. The molecule has 0 aliphatic heterocycles. The zero-order valence-corrected chi connectivity index (χ0v) is 16.5. The summed E-state index contributed by atoms with van der Waals surface area (Å²) in [7, 11) is -10.5. The molecule has 8 nitrogen and oxygen atoms in total. The van der Waals surface area contributed by atoms with Gasteiger partial charge in [-0.05, 0) is 35.0 Å². The number of fused-ring (bicyclic) bond motifs is 1. The first kappa shape index (κ1) is 21.6. The predicted octanol–water partition coefficient (Wildman–Crippen LogP) is 3.03. The Morgan fingerprint density at radius 3 is 2.17 bits per heavy atom. The maximum atomic E-state index is 13.5. The van der Waals surface area contributed by atoms with Crippen LogP contribution in [0.1, 0.15) is 0 Å². The predicted molar refractivity (Wildman–Crippen MR) is 103 cm³/mol. The zero-order valence-electron chi connectivity index (χ0n) is 14.8. The summed E-state index contributed by atoms with van der Waals surface area (Å²) in [5.74, 6) is -3.50. The van der Waals surface area contributed by atoms with Gasteiger partial charge in [0.05, 0.1) is 0 Å². The number of esters is 1. The molecule has 0 spiro atoms. The molecule has 0 aliphatic rings. The van der Waals surface area contributed by atoms with Crippen LogP contribution in [-0.2, 0) is 24.9 Å². The van der Waals surface area contributed by atoms with E-state index in [4.69, 9.17) is 4.55 Å². The lowest BCUT2D eigenvalue weighted by molar-refractivity contribution is -0.151. The number of benzene rings is 3. The van der Waals surface area contributed by atoms with E-state index in [2.05, 4.69) is 9.46 Å². The number of carbonyl (C=O) groups is 1. The van der Waals surface area contributed by atoms with Crippen LogP contribution in [0.2, 0.25) is 0 Å². The number of hydrogen-bond donors (Lipinski definition) is 2. The molecule has 2 N–H and O–H groups in total. The molecule has 0 aliphatic carbocycles. The smallest absolute Gasteiger partial charge is 0.420 e. The largest absolute Gasteiger partial charge is 0.466 e. The van der Waals surface area contributed by atoms with Crippen LogP contribution in [0.4, 0.5) is 14.5 Å². The van der Waals surface area contributed by atoms with E-state index in [9.17, 15) is 30.4 Å². The highest BCUT2D eigenvalue weighted by Gasteiger charge is 2.54. The second kappa shape index (κ2) is 7.63. The molecule has 158 valence electrons. The van der Waals surface area contributed by atoms with Crippen molar-refractivity contribution >= 4 is 42.6 Å². The molecular weight excluding hydrogens is 444 g/mol. The number of rotatable bonds is 6. The average Bonchev–Trinajstić information content (AvgIpc) is 2.67. The zero-order chi connectivity index (χ0) is 22.2. The summed E-state index contributed by atoms with van der Waals surface area (Å²) < 4.78 is 88.8. The van der Waals surface area contributed by atoms with Gasteiger partial charge in [-0.1, -0.05) is 42.5 Å². The summed E-state index contributed by atoms with van der Waals surface area (Å²) in [6, 6.07) is 16.1. The molecule has 3 rings (SSSR count). The van der Waals surface area contributed by atoms with Crippen molar-refractivity contribution < 1.29 is 39.7 Å². The van der Waals surface area contributed by atoms with Gasteiger partial charge in [-0.15, -0.1) is 0 Å². The van der Waals surface area contributed by atoms with Crippen LogP contribution in [0.15, 0.2) is 71.6 Å². The van der Waals surface area contributed by atoms with Crippen LogP contribution in [0.3, 0.4) is 0 Å². The van der Waals surface area contributed by atoms with Gasteiger partial charge in [0, 0.05) is 5.69 Å². The molecule has 0 amide bonds. The van der Waals surface area contributed by atoms with Gasteiger partial charge < -0.3 is 4.74 Å². The van der Waals surface area contributed by atoms with Gasteiger partial charge in [-0.3, -0.25) is 9.27 Å². The molecule has 30 heavy (non-hydrogen) atoms. The minimum absolute atomic E-state index is 0.151. The monoisotopic (exact) mass is 457 g/mol. The summed E-state index contributed by atoms with van der Waals surface area (Å²) >= 11 is 0. The number of halogens is 2. The molecule has 0 radical (unpaired) electrons. The van der Waals surface area contributed by atoms with E-state index in [1.165, 1.54) is 24.3 Å². The van der Waals surface area contributed by atoms with Crippen molar-refractivity contribution in [1.82, 2.24) is 0 Å². The second-order valence-corrected chi connectivity index (χ2v) is 9.11. The Labute approximate surface area is 169 Å². The summed E-state index contributed by atoms with van der Waals surface area (Å²) in [5, 5.41) is -3.71. The number of nitrogens with one attached hydrogen (secondary N) is 1. The number of sulfonamides is 1. The Morgan fingerprint density at radius 2 is 1.50 bits per heavy atom. The van der Waals surface area contributed by atoms with Crippen molar-refractivity contribution in [2.75, 3.05) is 4.72 Å². The van der Waals surface area contributed by atoms with Gasteiger partial charge in [0.25, 0.3) is 10.0 Å². The highest BCUT2D eigenvalue weighted by Crippen LogP contribution is 2.30. The maximum absolute atomic E-state index is 13.5. The summed E-state index contributed by atoms with van der Waals surface area (Å²) in [5.41, 5.74) is 0.151. The Bertz CT molecular complexity index is 1340. The van der Waals surface area contributed by atoms with Crippen molar-refractivity contribution in [2.24, 2.45) is 0 Å². The van der Waals surface area contributed by atoms with Crippen LogP contribution < -0.4 is 9.46 Å². The molecule has 0 atom stereocenters. The Kier molecular flexibility index (Phi) is 5.50. The molecule has 0 unspecified atom stereocenters. The number of carbonyl (C=O) groups excluding carboxylic acids is 1. The van der Waals surface area contributed by atoms with Gasteiger partial charge >= 0.3 is 21.3 Å². The fourth-order valence-corrected chi connectivity index (χ4v) is 3.92. The lowest BCUT2D eigenvalue weighted by Crippen LogP contribution is -2.40. The quantitative estimate of drug-likeness (QED) is 0.331. The molecule has 12 heteroatoms. The van der Waals surface area contributed by atoms with Crippen molar-refractivity contribution in [2.45, 2.75) is 10.2 Å². The van der Waals surface area contributed by atoms with Crippen LogP contribution in [0.25, 0.3) is 10.8 Å². The van der Waals surface area contributed by atoms with Crippen molar-refractivity contribution in [3.8, 4) is 5.75 Å². The number of hydrogen-bond acceptors (Lipinski definition) is 6. The standard InChI is InChI=1S/C18H13F2NO7S2/c19-18(20,30(25,26)27)17(22)28-15-7-3-4-8-16(15)29(23,24)21-14-10-9-12-5-1-2-6-13(12)11-14/h1-11,21H,(H,25,26,27). The first-order valence-electron chi connectivity index (χ1n) is 8.09. The maximum Gasteiger partial charge on any atom is 0.466 e. The third-order valence-corrected chi connectivity index (χ3v) is 6.14. The van der Waals surface area contributed by atoms with Crippen LogP contribution in [0.5, 0.6) is 5.75 Å². The lowest BCUT2D eigenvalue weighted by atomic mass is 10.1. The fourth-order valence-electron chi connectivity index (χ4n) is 2.48. The number of anilines is 1. The van der Waals surface area contributed by atoms with E-state index in [0.717, 1.165) is 22.9 Å². The van der Waals surface area contributed by atoms with E-state index in [1.807, 2.05) is 6.07 Å². The number of alkyl halides is 2. The van der Waals surface area contributed by atoms with E-state index >= 15 is 0 Å². The van der Waals surface area contributed by atoms with Gasteiger partial charge in [0.2, 0.25) is 0 Å². The van der Waals surface area contributed by atoms with E-state index in [1.54, 1.807) is 24.3 Å². The first-order valence-corrected chi connectivity index (χ1v) is 11.0. The minimum Gasteiger partial charge on any atom is -0.420 e. The molecule has 3 aromatic rings. The molecule has 0 aromatic heterocycles. The van der Waals surface area contributed by atoms with Gasteiger partial charge in [-0.2, -0.15) is 17.2 Å². The highest BCUT2D eigenvalue weighted by atomic mass is 32.2. The molecule has 0 heterocycles. The van der Waals surface area contributed by atoms with E-state index < -0.39 is 42.0 Å². The van der Waals surface area contributed by atoms with Crippen molar-refractivity contribution in [3.05, 3.63) is 66.7 Å². The Balaban J connectivity index is 1.94. The number of ether oxygens (including phenoxy) is 1. The van der Waals surface area contributed by atoms with Crippen LogP contribution >= 0.6 is 0 Å². The van der Waals surface area contributed by atoms with Crippen molar-refractivity contribution in [1.29, 1.82) is 0 Å². The molecule has 0 fully saturated rings. The summed E-state index contributed by atoms with van der Waals surface area (Å²) in [4.78, 5) is 10.8. The van der Waals surface area contributed by atoms with E-state index in [0.29, 0.717) is 0 Å². The average molecular weight is 457 g/mol. The third kappa shape index (κ3) is 4.25. The fraction of sp³-hybridized carbons (Fsp3) is 0.0556. The third-order valence-electron chi connectivity index (χ3n) is 3.90. The molecule has 0 bridgehead atoms. The van der Waals surface area contributed by atoms with Gasteiger partial charge in [-0.25, -0.2) is 13.2 Å². The normalized spacial score (nSPS) is 12.5. The highest BCUT2D eigenvalue weighted by molar-refractivity contribution is 7.92. The van der Waals surface area contributed by atoms with Gasteiger partial charge in [0.1, 0.15) is 4.90 Å². The minimum atomic E-state index is -6.11. The Hall–Kier alpha value is -3.09.